The summed E-state index contributed by atoms with van der Waals surface area (Å²) in [5.41, 5.74) is 3.52. The van der Waals surface area contributed by atoms with Gasteiger partial charge in [0.25, 0.3) is 0 Å². The lowest BCUT2D eigenvalue weighted by Gasteiger charge is -2.11. The Labute approximate surface area is 175 Å². The van der Waals surface area contributed by atoms with Crippen molar-refractivity contribution in [1.82, 2.24) is 0 Å². The average molecular weight is 418 g/mol. The van der Waals surface area contributed by atoms with E-state index in [0.29, 0.717) is 11.5 Å². The smallest absolute Gasteiger partial charge is 0.328 e. The predicted octanol–water partition coefficient (Wildman–Crippen LogP) is 6.73. The van der Waals surface area contributed by atoms with E-state index in [-0.39, 0.29) is 0 Å². The second-order valence-corrected chi connectivity index (χ2v) is 7.14. The third-order valence-corrected chi connectivity index (χ3v) is 4.78. The lowest BCUT2D eigenvalue weighted by molar-refractivity contribution is -0.160. The maximum atomic E-state index is 12.2. The molecule has 4 rings (SSSR count). The summed E-state index contributed by atoms with van der Waals surface area (Å²) in [5.74, 6) is 0.852. The summed E-state index contributed by atoms with van der Waals surface area (Å²) < 4.78 is 22.1. The van der Waals surface area contributed by atoms with Crippen molar-refractivity contribution >= 4 is 8.25 Å². The summed E-state index contributed by atoms with van der Waals surface area (Å²) in [5, 5.41) is 0. The Bertz CT molecular complexity index is 1030. The normalized spacial score (nSPS) is 10.7. The van der Waals surface area contributed by atoms with Crippen LogP contribution < -0.4 is 9.78 Å². The van der Waals surface area contributed by atoms with Crippen molar-refractivity contribution in [3.8, 4) is 33.8 Å². The summed E-state index contributed by atoms with van der Waals surface area (Å²) in [4.78, 5) is 10.6. The summed E-state index contributed by atoms with van der Waals surface area (Å²) in [6.07, 6.45) is 0. The van der Waals surface area contributed by atoms with Crippen LogP contribution in [0, 0.1) is 0 Å². The third-order valence-electron chi connectivity index (χ3n) is 4.34. The van der Waals surface area contributed by atoms with Gasteiger partial charge in [-0.3, -0.25) is 4.57 Å². The molecule has 0 bridgehead atoms. The number of hydrogen-bond acceptors (Lipinski definition) is 5. The standard InChI is InChI=1S/C24H19O5P/c25-30(28-26-23-17-9-7-15-21(23)19-11-3-1-4-12-19)29-27-24-18-10-8-16-22(24)20-13-5-2-6-14-20/h1-18,30H. The van der Waals surface area contributed by atoms with E-state index >= 15 is 0 Å². The van der Waals surface area contributed by atoms with Gasteiger partial charge in [0.15, 0.2) is 11.5 Å². The van der Waals surface area contributed by atoms with Crippen LogP contribution in [0.4, 0.5) is 0 Å². The van der Waals surface area contributed by atoms with E-state index in [9.17, 15) is 4.57 Å². The van der Waals surface area contributed by atoms with Crippen molar-refractivity contribution in [2.75, 3.05) is 0 Å². The molecular weight excluding hydrogens is 399 g/mol. The van der Waals surface area contributed by atoms with Crippen molar-refractivity contribution in [2.24, 2.45) is 0 Å². The molecule has 150 valence electrons. The van der Waals surface area contributed by atoms with Crippen molar-refractivity contribution < 1.29 is 23.7 Å². The van der Waals surface area contributed by atoms with Crippen LogP contribution in [0.1, 0.15) is 0 Å². The van der Waals surface area contributed by atoms with Gasteiger partial charge in [0, 0.05) is 11.1 Å². The van der Waals surface area contributed by atoms with Crippen LogP contribution in [0.25, 0.3) is 22.3 Å². The van der Waals surface area contributed by atoms with Crippen molar-refractivity contribution in [1.29, 1.82) is 0 Å². The second-order valence-electron chi connectivity index (χ2n) is 6.31. The number of rotatable bonds is 8. The zero-order chi connectivity index (χ0) is 20.6. The predicted molar refractivity (Wildman–Crippen MR) is 116 cm³/mol. The van der Waals surface area contributed by atoms with E-state index in [0.717, 1.165) is 22.3 Å². The first-order valence-corrected chi connectivity index (χ1v) is 10.6. The Morgan fingerprint density at radius 2 is 0.833 bits per heavy atom. The lowest BCUT2D eigenvalue weighted by atomic mass is 10.1. The summed E-state index contributed by atoms with van der Waals surface area (Å²) >= 11 is 0. The molecule has 0 aliphatic rings. The first-order chi connectivity index (χ1) is 14.8. The summed E-state index contributed by atoms with van der Waals surface area (Å²) in [6, 6.07) is 34.0. The number of hydrogen-bond donors (Lipinski definition) is 0. The highest BCUT2D eigenvalue weighted by atomic mass is 31.1. The quantitative estimate of drug-likeness (QED) is 0.180. The zero-order valence-corrected chi connectivity index (χ0v) is 16.9. The van der Waals surface area contributed by atoms with Crippen LogP contribution in [-0.2, 0) is 13.9 Å². The van der Waals surface area contributed by atoms with E-state index < -0.39 is 8.25 Å². The molecular formula is C24H19O5P. The van der Waals surface area contributed by atoms with E-state index in [1.54, 1.807) is 24.3 Å². The Morgan fingerprint density at radius 1 is 0.467 bits per heavy atom. The largest absolute Gasteiger partial charge is 0.395 e. The number of para-hydroxylation sites is 2. The van der Waals surface area contributed by atoms with Gasteiger partial charge in [-0.15, -0.1) is 0 Å². The molecule has 0 saturated heterocycles. The Kier molecular flexibility index (Phi) is 6.58. The average Bonchev–Trinajstić information content (AvgIpc) is 2.83. The zero-order valence-electron chi connectivity index (χ0n) is 15.9. The maximum absolute atomic E-state index is 12.2. The molecule has 0 radical (unpaired) electrons. The van der Waals surface area contributed by atoms with Gasteiger partial charge < -0.3 is 9.78 Å². The Morgan fingerprint density at radius 3 is 1.27 bits per heavy atom. The number of benzene rings is 4. The van der Waals surface area contributed by atoms with Gasteiger partial charge in [0.2, 0.25) is 0 Å². The molecule has 4 aromatic rings. The van der Waals surface area contributed by atoms with E-state index in [2.05, 4.69) is 0 Å². The molecule has 4 aromatic carbocycles. The fourth-order valence-corrected chi connectivity index (χ4v) is 3.31. The highest BCUT2D eigenvalue weighted by Crippen LogP contribution is 2.35. The molecule has 0 N–H and O–H groups in total. The monoisotopic (exact) mass is 418 g/mol. The SMILES string of the molecule is O=[PH](OOc1ccccc1-c1ccccc1)OOc1ccccc1-c1ccccc1. The molecule has 0 saturated carbocycles. The third kappa shape index (κ3) is 4.97. The molecule has 6 heteroatoms. The summed E-state index contributed by atoms with van der Waals surface area (Å²) in [7, 11) is -3.08. The van der Waals surface area contributed by atoms with Crippen LogP contribution in [-0.4, -0.2) is 0 Å². The molecule has 0 aliphatic carbocycles. The van der Waals surface area contributed by atoms with Gasteiger partial charge in [0.05, 0.1) is 0 Å². The molecule has 5 nitrogen and oxygen atoms in total. The molecule has 0 fully saturated rings. The van der Waals surface area contributed by atoms with Crippen molar-refractivity contribution in [2.45, 2.75) is 0 Å². The highest BCUT2D eigenvalue weighted by Gasteiger charge is 2.12. The molecule has 0 atom stereocenters. The molecule has 0 aliphatic heterocycles. The van der Waals surface area contributed by atoms with Crippen LogP contribution >= 0.6 is 8.25 Å². The van der Waals surface area contributed by atoms with E-state index in [1.807, 2.05) is 84.9 Å². The maximum Gasteiger partial charge on any atom is 0.395 e. The fraction of sp³-hybridized carbons (Fsp3) is 0. The van der Waals surface area contributed by atoms with Crippen molar-refractivity contribution in [3.63, 3.8) is 0 Å². The van der Waals surface area contributed by atoms with E-state index in [1.165, 1.54) is 0 Å². The van der Waals surface area contributed by atoms with Gasteiger partial charge in [-0.2, -0.15) is 0 Å². The molecule has 0 amide bonds. The molecule has 0 spiro atoms. The first kappa shape index (κ1) is 19.9. The second kappa shape index (κ2) is 9.90. The topological polar surface area (TPSA) is 54.0 Å². The van der Waals surface area contributed by atoms with Crippen LogP contribution in [0.15, 0.2) is 109 Å². The van der Waals surface area contributed by atoms with Crippen LogP contribution in [0.3, 0.4) is 0 Å². The van der Waals surface area contributed by atoms with Gasteiger partial charge in [-0.05, 0) is 23.3 Å². The molecule has 30 heavy (non-hydrogen) atoms. The molecule has 0 heterocycles. The van der Waals surface area contributed by atoms with Crippen molar-refractivity contribution in [3.05, 3.63) is 109 Å². The minimum atomic E-state index is -3.08. The van der Waals surface area contributed by atoms with Gasteiger partial charge in [-0.1, -0.05) is 106 Å². The van der Waals surface area contributed by atoms with Crippen LogP contribution in [0.2, 0.25) is 0 Å². The van der Waals surface area contributed by atoms with Gasteiger partial charge >= 0.3 is 8.25 Å². The Balaban J connectivity index is 1.40. The first-order valence-electron chi connectivity index (χ1n) is 9.33. The summed E-state index contributed by atoms with van der Waals surface area (Å²) in [6.45, 7) is 0. The lowest BCUT2D eigenvalue weighted by Crippen LogP contribution is -1.97. The van der Waals surface area contributed by atoms with E-state index in [4.69, 9.17) is 19.1 Å². The van der Waals surface area contributed by atoms with Crippen LogP contribution in [0.5, 0.6) is 11.5 Å². The Hall–Kier alpha value is -3.37. The fourth-order valence-electron chi connectivity index (χ4n) is 2.96. The molecule has 0 aromatic heterocycles. The minimum Gasteiger partial charge on any atom is -0.328 e. The highest BCUT2D eigenvalue weighted by molar-refractivity contribution is 7.33. The molecule has 0 unspecified atom stereocenters. The van der Waals surface area contributed by atoms with Gasteiger partial charge in [-0.25, -0.2) is 0 Å². The minimum absolute atomic E-state index is 0.426. The van der Waals surface area contributed by atoms with Gasteiger partial charge in [0.1, 0.15) is 0 Å².